The lowest BCUT2D eigenvalue weighted by Crippen LogP contribution is -2.40. The van der Waals surface area contributed by atoms with E-state index in [1.54, 1.807) is 11.8 Å². The molecule has 0 aromatic rings. The van der Waals surface area contributed by atoms with E-state index in [4.69, 9.17) is 0 Å². The molecule has 0 saturated heterocycles. The second-order valence-corrected chi connectivity index (χ2v) is 7.80. The van der Waals surface area contributed by atoms with Crippen LogP contribution in [0.5, 0.6) is 0 Å². The molecule has 1 aliphatic rings. The van der Waals surface area contributed by atoms with Gasteiger partial charge in [-0.25, -0.2) is 8.42 Å². The summed E-state index contributed by atoms with van der Waals surface area (Å²) in [6, 6.07) is 0.0866. The van der Waals surface area contributed by atoms with Gasteiger partial charge in [-0.3, -0.25) is 4.79 Å². The molecule has 0 N–H and O–H groups in total. The Balaban J connectivity index is 3.02. The standard InChI is InChI=1S/C13H23NO3S/c1-9(2)8-14(10(3)4)13(15)12-6-7-18(16,17)11(12)5/h9-10H,6-8H2,1-5H3. The lowest BCUT2D eigenvalue weighted by Gasteiger charge is -2.29. The number of sulfone groups is 1. The summed E-state index contributed by atoms with van der Waals surface area (Å²) in [6.07, 6.45) is 0.355. The predicted octanol–water partition coefficient (Wildman–Crippen LogP) is 1.97. The van der Waals surface area contributed by atoms with Gasteiger partial charge >= 0.3 is 0 Å². The van der Waals surface area contributed by atoms with Crippen LogP contribution >= 0.6 is 0 Å². The van der Waals surface area contributed by atoms with Gasteiger partial charge < -0.3 is 4.90 Å². The molecule has 4 nitrogen and oxygen atoms in total. The van der Waals surface area contributed by atoms with Gasteiger partial charge in [-0.2, -0.15) is 0 Å². The summed E-state index contributed by atoms with van der Waals surface area (Å²) in [4.78, 5) is 14.5. The minimum absolute atomic E-state index is 0.0769. The lowest BCUT2D eigenvalue weighted by molar-refractivity contribution is -0.129. The van der Waals surface area contributed by atoms with Gasteiger partial charge in [0.1, 0.15) is 0 Å². The van der Waals surface area contributed by atoms with Crippen molar-refractivity contribution in [3.05, 3.63) is 10.5 Å². The molecule has 1 heterocycles. The van der Waals surface area contributed by atoms with E-state index >= 15 is 0 Å². The van der Waals surface area contributed by atoms with Crippen molar-refractivity contribution in [3.63, 3.8) is 0 Å². The first kappa shape index (κ1) is 15.2. The van der Waals surface area contributed by atoms with Gasteiger partial charge in [-0.05, 0) is 33.1 Å². The summed E-state index contributed by atoms with van der Waals surface area (Å²) in [5.74, 6) is 0.334. The molecule has 0 aromatic carbocycles. The highest BCUT2D eigenvalue weighted by molar-refractivity contribution is 7.95. The van der Waals surface area contributed by atoms with Gasteiger partial charge in [0.2, 0.25) is 0 Å². The molecule has 104 valence electrons. The van der Waals surface area contributed by atoms with Crippen LogP contribution in [0.25, 0.3) is 0 Å². The van der Waals surface area contributed by atoms with Crippen LogP contribution in [0.2, 0.25) is 0 Å². The lowest BCUT2D eigenvalue weighted by atomic mass is 10.1. The largest absolute Gasteiger partial charge is 0.336 e. The van der Waals surface area contributed by atoms with Gasteiger partial charge in [0.05, 0.1) is 5.75 Å². The Labute approximate surface area is 110 Å². The number of allylic oxidation sites excluding steroid dienone is 1. The molecule has 1 rings (SSSR count). The second-order valence-electron chi connectivity index (χ2n) is 5.55. The van der Waals surface area contributed by atoms with E-state index in [0.29, 0.717) is 24.5 Å². The molecule has 0 bridgehead atoms. The highest BCUT2D eigenvalue weighted by atomic mass is 32.2. The Morgan fingerprint density at radius 2 is 1.83 bits per heavy atom. The van der Waals surface area contributed by atoms with E-state index in [1.807, 2.05) is 13.8 Å². The molecule has 0 fully saturated rings. The average Bonchev–Trinajstić information content (AvgIpc) is 2.49. The smallest absolute Gasteiger partial charge is 0.251 e. The van der Waals surface area contributed by atoms with Crippen LogP contribution in [0.3, 0.4) is 0 Å². The van der Waals surface area contributed by atoms with Gasteiger partial charge in [0.25, 0.3) is 5.91 Å². The molecular weight excluding hydrogens is 250 g/mol. The van der Waals surface area contributed by atoms with Gasteiger partial charge in [0, 0.05) is 23.1 Å². The summed E-state index contributed by atoms with van der Waals surface area (Å²) in [6.45, 7) is 10.2. The topological polar surface area (TPSA) is 54.5 Å². The van der Waals surface area contributed by atoms with Crippen LogP contribution in [-0.4, -0.2) is 37.6 Å². The zero-order valence-corrected chi connectivity index (χ0v) is 12.7. The minimum Gasteiger partial charge on any atom is -0.336 e. The quantitative estimate of drug-likeness (QED) is 0.787. The number of nitrogens with zero attached hydrogens (tertiary/aromatic N) is 1. The molecule has 0 spiro atoms. The van der Waals surface area contributed by atoms with Crippen LogP contribution in [0.1, 0.15) is 41.0 Å². The van der Waals surface area contributed by atoms with Gasteiger partial charge in [-0.15, -0.1) is 0 Å². The number of hydrogen-bond acceptors (Lipinski definition) is 3. The maximum absolute atomic E-state index is 12.4. The monoisotopic (exact) mass is 273 g/mol. The fourth-order valence-corrected chi connectivity index (χ4v) is 3.45. The van der Waals surface area contributed by atoms with E-state index in [2.05, 4.69) is 13.8 Å². The van der Waals surface area contributed by atoms with Crippen LogP contribution in [-0.2, 0) is 14.6 Å². The molecule has 0 atom stereocenters. The van der Waals surface area contributed by atoms with Crippen molar-refractivity contribution in [1.29, 1.82) is 0 Å². The number of amides is 1. The minimum atomic E-state index is -3.17. The number of carbonyl (C=O) groups is 1. The summed E-state index contributed by atoms with van der Waals surface area (Å²) >= 11 is 0. The third-order valence-electron chi connectivity index (χ3n) is 3.22. The highest BCUT2D eigenvalue weighted by Gasteiger charge is 2.32. The summed E-state index contributed by atoms with van der Waals surface area (Å²) in [5.41, 5.74) is 0.476. The second kappa shape index (κ2) is 5.43. The number of rotatable bonds is 4. The third-order valence-corrected chi connectivity index (χ3v) is 5.14. The van der Waals surface area contributed by atoms with E-state index < -0.39 is 9.84 Å². The maximum atomic E-state index is 12.4. The summed E-state index contributed by atoms with van der Waals surface area (Å²) < 4.78 is 23.3. The third kappa shape index (κ3) is 3.13. The first-order chi connectivity index (χ1) is 8.16. The van der Waals surface area contributed by atoms with Crippen LogP contribution in [0, 0.1) is 5.92 Å². The Bertz CT molecular complexity index is 461. The van der Waals surface area contributed by atoms with Crippen LogP contribution < -0.4 is 0 Å². The van der Waals surface area contributed by atoms with Crippen molar-refractivity contribution < 1.29 is 13.2 Å². The van der Waals surface area contributed by atoms with E-state index in [0.717, 1.165) is 0 Å². The fraction of sp³-hybridized carbons (Fsp3) is 0.769. The van der Waals surface area contributed by atoms with Crippen molar-refractivity contribution in [1.82, 2.24) is 4.90 Å². The van der Waals surface area contributed by atoms with Crippen molar-refractivity contribution in [2.75, 3.05) is 12.3 Å². The molecular formula is C13H23NO3S. The molecule has 1 amide bonds. The zero-order valence-electron chi connectivity index (χ0n) is 11.9. The number of carbonyl (C=O) groups excluding carboxylic acids is 1. The average molecular weight is 273 g/mol. The van der Waals surface area contributed by atoms with Gasteiger partial charge in [-0.1, -0.05) is 13.8 Å². The first-order valence-electron chi connectivity index (χ1n) is 6.40. The number of hydrogen-bond donors (Lipinski definition) is 0. The molecule has 0 aliphatic carbocycles. The normalized spacial score (nSPS) is 18.8. The molecule has 1 aliphatic heterocycles. The van der Waals surface area contributed by atoms with Crippen LogP contribution in [0.15, 0.2) is 10.5 Å². The Morgan fingerprint density at radius 1 is 1.28 bits per heavy atom. The van der Waals surface area contributed by atoms with Crippen molar-refractivity contribution in [2.24, 2.45) is 5.92 Å². The zero-order chi connectivity index (χ0) is 14.1. The van der Waals surface area contributed by atoms with Crippen molar-refractivity contribution in [3.8, 4) is 0 Å². The molecule has 18 heavy (non-hydrogen) atoms. The molecule has 0 saturated carbocycles. The summed E-state index contributed by atoms with van der Waals surface area (Å²) in [7, 11) is -3.17. The predicted molar refractivity (Wildman–Crippen MR) is 72.8 cm³/mol. The first-order valence-corrected chi connectivity index (χ1v) is 8.05. The molecule has 0 radical (unpaired) electrons. The Kier molecular flexibility index (Phi) is 4.59. The van der Waals surface area contributed by atoms with E-state index in [1.165, 1.54) is 0 Å². The molecule has 0 unspecified atom stereocenters. The summed E-state index contributed by atoms with van der Waals surface area (Å²) in [5, 5.41) is 0. The SMILES string of the molecule is CC1=C(C(=O)N(CC(C)C)C(C)C)CCS1(=O)=O. The fourth-order valence-electron chi connectivity index (χ4n) is 2.11. The van der Waals surface area contributed by atoms with Gasteiger partial charge in [0.15, 0.2) is 9.84 Å². The highest BCUT2D eigenvalue weighted by Crippen LogP contribution is 2.27. The van der Waals surface area contributed by atoms with Crippen molar-refractivity contribution in [2.45, 2.75) is 47.1 Å². The van der Waals surface area contributed by atoms with Crippen molar-refractivity contribution >= 4 is 15.7 Å². The van der Waals surface area contributed by atoms with E-state index in [9.17, 15) is 13.2 Å². The maximum Gasteiger partial charge on any atom is 0.251 e. The Morgan fingerprint density at radius 3 is 2.17 bits per heavy atom. The Hall–Kier alpha value is -0.840. The molecule has 0 aromatic heterocycles. The van der Waals surface area contributed by atoms with Crippen LogP contribution in [0.4, 0.5) is 0 Å². The van der Waals surface area contributed by atoms with E-state index in [-0.39, 0.29) is 22.6 Å². The molecule has 5 heteroatoms.